The molecule has 5 amide bonds. The molecule has 5 rings (SSSR count). The van der Waals surface area contributed by atoms with E-state index in [1.807, 2.05) is 24.3 Å². The zero-order chi connectivity index (χ0) is 28.9. The zero-order valence-electron chi connectivity index (χ0n) is 22.6. The van der Waals surface area contributed by atoms with Gasteiger partial charge in [-0.15, -0.1) is 11.3 Å². The lowest BCUT2D eigenvalue weighted by atomic mass is 10.0. The Morgan fingerprint density at radius 2 is 2.07 bits per heavy atom. The van der Waals surface area contributed by atoms with Gasteiger partial charge in [0.25, 0.3) is 5.91 Å². The first kappa shape index (κ1) is 28.0. The topological polar surface area (TPSA) is 120 Å². The van der Waals surface area contributed by atoms with Gasteiger partial charge in [0, 0.05) is 62.8 Å². The molecule has 2 aliphatic heterocycles. The van der Waals surface area contributed by atoms with Crippen molar-refractivity contribution in [2.75, 3.05) is 25.0 Å². The first-order valence-corrected chi connectivity index (χ1v) is 14.3. The second-order valence-electron chi connectivity index (χ2n) is 10.0. The summed E-state index contributed by atoms with van der Waals surface area (Å²) in [7, 11) is 1.74. The van der Waals surface area contributed by atoms with E-state index >= 15 is 0 Å². The highest BCUT2D eigenvalue weighted by atomic mass is 32.1. The van der Waals surface area contributed by atoms with Gasteiger partial charge in [-0.25, -0.2) is 4.98 Å². The van der Waals surface area contributed by atoms with Crippen LogP contribution in [0.5, 0.6) is 0 Å². The first-order valence-electron chi connectivity index (χ1n) is 13.4. The average Bonchev–Trinajstić information content (AvgIpc) is 3.57. The molecule has 1 saturated heterocycles. The summed E-state index contributed by atoms with van der Waals surface area (Å²) < 4.78 is 1.04. The summed E-state index contributed by atoms with van der Waals surface area (Å²) in [5.41, 5.74) is 5.34. The van der Waals surface area contributed by atoms with Crippen LogP contribution < -0.4 is 10.2 Å². The minimum absolute atomic E-state index is 0.0625. The van der Waals surface area contributed by atoms with Crippen LogP contribution in [0.3, 0.4) is 0 Å². The Morgan fingerprint density at radius 3 is 2.88 bits per heavy atom. The number of hydrogen-bond donors (Lipinski definition) is 1. The van der Waals surface area contributed by atoms with Crippen molar-refractivity contribution in [2.24, 2.45) is 0 Å². The van der Waals surface area contributed by atoms with E-state index in [1.54, 1.807) is 29.6 Å². The van der Waals surface area contributed by atoms with Gasteiger partial charge in [-0.3, -0.25) is 29.3 Å². The maximum absolute atomic E-state index is 13.0. The van der Waals surface area contributed by atoms with Gasteiger partial charge in [0.05, 0.1) is 15.7 Å². The molecule has 0 spiro atoms. The number of amides is 5. The van der Waals surface area contributed by atoms with E-state index in [0.29, 0.717) is 37.1 Å². The number of thiazole rings is 1. The Hall–Kier alpha value is -4.56. The molecule has 1 atom stereocenters. The van der Waals surface area contributed by atoms with Gasteiger partial charge in [0.1, 0.15) is 6.04 Å². The second kappa shape index (κ2) is 12.3. The van der Waals surface area contributed by atoms with Crippen LogP contribution >= 0.6 is 11.3 Å². The highest BCUT2D eigenvalue weighted by Gasteiger charge is 2.39. The maximum atomic E-state index is 13.0. The highest BCUT2D eigenvalue weighted by molar-refractivity contribution is 7.16. The molecule has 1 N–H and O–H groups in total. The number of rotatable bonds is 9. The lowest BCUT2D eigenvalue weighted by molar-refractivity contribution is -0.137. The molecule has 2 aliphatic rings. The molecule has 1 aromatic heterocycles. The van der Waals surface area contributed by atoms with E-state index in [2.05, 4.69) is 22.1 Å². The summed E-state index contributed by atoms with van der Waals surface area (Å²) in [5, 5.41) is 2.31. The van der Waals surface area contributed by atoms with E-state index in [4.69, 9.17) is 0 Å². The fourth-order valence-electron chi connectivity index (χ4n) is 5.06. The Kier molecular flexibility index (Phi) is 8.40. The van der Waals surface area contributed by atoms with Gasteiger partial charge >= 0.3 is 0 Å². The molecule has 41 heavy (non-hydrogen) atoms. The first-order chi connectivity index (χ1) is 19.9. The third-order valence-corrected chi connectivity index (χ3v) is 8.18. The molecule has 3 heterocycles. The fourth-order valence-corrected chi connectivity index (χ4v) is 5.72. The third kappa shape index (κ3) is 6.12. The van der Waals surface area contributed by atoms with Crippen LogP contribution in [0.1, 0.15) is 53.6 Å². The van der Waals surface area contributed by atoms with Gasteiger partial charge in [0.2, 0.25) is 24.1 Å². The minimum Gasteiger partial charge on any atom is -0.346 e. The minimum atomic E-state index is -0.665. The third-order valence-electron chi connectivity index (χ3n) is 7.37. The van der Waals surface area contributed by atoms with Crippen LogP contribution in [0, 0.1) is 11.8 Å². The van der Waals surface area contributed by atoms with Crippen molar-refractivity contribution in [3.8, 4) is 11.8 Å². The van der Waals surface area contributed by atoms with Gasteiger partial charge in [-0.2, -0.15) is 0 Å². The van der Waals surface area contributed by atoms with Crippen molar-refractivity contribution < 1.29 is 24.0 Å². The number of imide groups is 1. The zero-order valence-corrected chi connectivity index (χ0v) is 23.4. The number of nitrogens with one attached hydrogen (secondary N) is 1. The Labute approximate surface area is 241 Å². The number of benzene rings is 2. The van der Waals surface area contributed by atoms with Gasteiger partial charge in [0.15, 0.2) is 0 Å². The lowest BCUT2D eigenvalue weighted by Gasteiger charge is -2.29. The second-order valence-corrected chi connectivity index (χ2v) is 10.9. The SMILES string of the molecule is CN(CCCC#Cc1cccc2c1CN(C1CCC(=O)NC1=O)C2=O)C(=O)CCN(C=O)c1ccc2scnc2c1. The number of piperidine rings is 1. The van der Waals surface area contributed by atoms with Crippen LogP contribution in [0.25, 0.3) is 10.2 Å². The molecular formula is C30H29N5O5S. The molecule has 10 nitrogen and oxygen atoms in total. The predicted octanol–water partition coefficient (Wildman–Crippen LogP) is 2.70. The summed E-state index contributed by atoms with van der Waals surface area (Å²) in [4.78, 5) is 70.1. The molecule has 1 unspecified atom stereocenters. The largest absolute Gasteiger partial charge is 0.346 e. The molecule has 3 aromatic rings. The van der Waals surface area contributed by atoms with Crippen molar-refractivity contribution in [3.63, 3.8) is 0 Å². The van der Waals surface area contributed by atoms with E-state index < -0.39 is 11.9 Å². The Bertz CT molecular complexity index is 1590. The lowest BCUT2D eigenvalue weighted by Crippen LogP contribution is -2.52. The fraction of sp³-hybridized carbons (Fsp3) is 0.333. The summed E-state index contributed by atoms with van der Waals surface area (Å²) >= 11 is 1.53. The summed E-state index contributed by atoms with van der Waals surface area (Å²) in [6, 6.07) is 10.3. The van der Waals surface area contributed by atoms with Gasteiger partial charge in [-0.1, -0.05) is 17.9 Å². The van der Waals surface area contributed by atoms with E-state index in [0.717, 1.165) is 27.8 Å². The molecule has 210 valence electrons. The Morgan fingerprint density at radius 1 is 1.22 bits per heavy atom. The molecule has 1 fully saturated rings. The average molecular weight is 572 g/mol. The number of nitrogens with zero attached hydrogens (tertiary/aromatic N) is 4. The monoisotopic (exact) mass is 571 g/mol. The number of hydrogen-bond acceptors (Lipinski definition) is 7. The van der Waals surface area contributed by atoms with Crippen LogP contribution in [-0.2, 0) is 25.7 Å². The number of carbonyl (C=O) groups excluding carboxylic acids is 5. The molecule has 0 bridgehead atoms. The summed E-state index contributed by atoms with van der Waals surface area (Å²) in [6.07, 6.45) is 2.67. The molecule has 0 saturated carbocycles. The maximum Gasteiger partial charge on any atom is 0.255 e. The highest BCUT2D eigenvalue weighted by Crippen LogP contribution is 2.29. The van der Waals surface area contributed by atoms with Crippen molar-refractivity contribution in [1.82, 2.24) is 20.1 Å². The van der Waals surface area contributed by atoms with E-state index in [1.165, 1.54) is 21.1 Å². The van der Waals surface area contributed by atoms with Crippen molar-refractivity contribution in [2.45, 2.75) is 44.7 Å². The molecule has 2 aromatic carbocycles. The standard InChI is InChI=1S/C30H29N5O5S/c1-33(28(38)13-15-34(19-36)21-9-11-26-24(16-21)31-18-41-26)14-4-2-3-6-20-7-5-8-22-23(20)17-35(30(22)40)25-10-12-27(37)32-29(25)39/h5,7-9,11,16,18-19,25H,2,4,10,12-15,17H2,1H3,(H,32,37,39). The number of carbonyl (C=O) groups is 5. The number of anilines is 1. The van der Waals surface area contributed by atoms with Crippen molar-refractivity contribution in [1.29, 1.82) is 0 Å². The van der Waals surface area contributed by atoms with E-state index in [9.17, 15) is 24.0 Å². The molecular weight excluding hydrogens is 542 g/mol. The number of unbranched alkanes of at least 4 members (excludes halogenated alkanes) is 1. The Balaban J connectivity index is 1.11. The quantitative estimate of drug-likeness (QED) is 0.183. The van der Waals surface area contributed by atoms with Gasteiger partial charge < -0.3 is 14.7 Å². The van der Waals surface area contributed by atoms with E-state index in [-0.39, 0.29) is 43.7 Å². The van der Waals surface area contributed by atoms with Gasteiger partial charge in [-0.05, 0) is 48.7 Å². The number of fused-ring (bicyclic) bond motifs is 2. The summed E-state index contributed by atoms with van der Waals surface area (Å²) in [6.45, 7) is 1.07. The number of aromatic nitrogens is 1. The van der Waals surface area contributed by atoms with Crippen LogP contribution in [0.15, 0.2) is 41.9 Å². The molecule has 0 radical (unpaired) electrons. The molecule has 0 aliphatic carbocycles. The van der Waals surface area contributed by atoms with Crippen LogP contribution in [-0.4, -0.2) is 71.0 Å². The van der Waals surface area contributed by atoms with Crippen molar-refractivity contribution in [3.05, 3.63) is 58.6 Å². The smallest absolute Gasteiger partial charge is 0.255 e. The summed E-state index contributed by atoms with van der Waals surface area (Å²) in [5.74, 6) is 5.24. The molecule has 11 heteroatoms. The normalized spacial score (nSPS) is 16.2. The van der Waals surface area contributed by atoms with Crippen LogP contribution in [0.4, 0.5) is 5.69 Å². The predicted molar refractivity (Wildman–Crippen MR) is 154 cm³/mol. The van der Waals surface area contributed by atoms with Crippen LogP contribution in [0.2, 0.25) is 0 Å². The van der Waals surface area contributed by atoms with Crippen molar-refractivity contribution >= 4 is 57.3 Å².